The molecule has 0 aromatic heterocycles. The Hall–Kier alpha value is -2.74. The lowest BCUT2D eigenvalue weighted by Crippen LogP contribution is -2.31. The number of carbonyl (C=O) groups is 2. The van der Waals surface area contributed by atoms with E-state index in [4.69, 9.17) is 37.4 Å². The zero-order chi connectivity index (χ0) is 22.8. The maximum atomic E-state index is 13.0. The number of likely N-dealkylation sites (tertiary alicyclic amines) is 1. The smallest absolute Gasteiger partial charge is 0.295 e. The average Bonchev–Trinajstić information content (AvgIpc) is 3.05. The minimum atomic E-state index is -0.824. The molecule has 0 aliphatic carbocycles. The van der Waals surface area contributed by atoms with Crippen molar-refractivity contribution < 1.29 is 28.9 Å². The van der Waals surface area contributed by atoms with Gasteiger partial charge < -0.3 is 24.2 Å². The number of ketones is 1. The summed E-state index contributed by atoms with van der Waals surface area (Å²) in [4.78, 5) is 27.4. The SMILES string of the molecule is COCCCN1C(=O)C(=O)C(=C(O)c2ccc3c(c2)OCCO3)[C@H]1c1ccc(Cl)c(Cl)c1. The van der Waals surface area contributed by atoms with Crippen molar-refractivity contribution in [3.63, 3.8) is 0 Å². The highest BCUT2D eigenvalue weighted by atomic mass is 35.5. The third-order valence-corrected chi connectivity index (χ3v) is 6.10. The number of aliphatic hydroxyl groups is 1. The maximum Gasteiger partial charge on any atom is 0.295 e. The number of carbonyl (C=O) groups excluding carboxylic acids is 2. The molecule has 2 aliphatic heterocycles. The van der Waals surface area contributed by atoms with Crippen LogP contribution in [0.5, 0.6) is 11.5 Å². The predicted molar refractivity (Wildman–Crippen MR) is 119 cm³/mol. The molecule has 1 atom stereocenters. The van der Waals surface area contributed by atoms with E-state index >= 15 is 0 Å². The number of hydrogen-bond acceptors (Lipinski definition) is 6. The fourth-order valence-corrected chi connectivity index (χ4v) is 4.17. The Morgan fingerprint density at radius 1 is 1.09 bits per heavy atom. The highest BCUT2D eigenvalue weighted by Gasteiger charge is 2.46. The number of amides is 1. The second kappa shape index (κ2) is 9.40. The van der Waals surface area contributed by atoms with Gasteiger partial charge in [-0.2, -0.15) is 0 Å². The van der Waals surface area contributed by atoms with Crippen LogP contribution in [0.15, 0.2) is 42.0 Å². The van der Waals surface area contributed by atoms with Gasteiger partial charge in [-0.1, -0.05) is 29.3 Å². The molecule has 2 aromatic rings. The molecule has 1 saturated heterocycles. The van der Waals surface area contributed by atoms with E-state index in [-0.39, 0.29) is 22.9 Å². The van der Waals surface area contributed by atoms with Gasteiger partial charge in [0.15, 0.2) is 11.5 Å². The summed E-state index contributed by atoms with van der Waals surface area (Å²) in [5.41, 5.74) is 0.881. The highest BCUT2D eigenvalue weighted by Crippen LogP contribution is 2.42. The second-order valence-corrected chi connectivity index (χ2v) is 8.19. The molecule has 2 heterocycles. The number of aliphatic hydroxyl groups excluding tert-OH is 1. The quantitative estimate of drug-likeness (QED) is 0.290. The van der Waals surface area contributed by atoms with Gasteiger partial charge in [0, 0.05) is 25.8 Å². The zero-order valence-corrected chi connectivity index (χ0v) is 18.8. The van der Waals surface area contributed by atoms with Crippen molar-refractivity contribution in [1.82, 2.24) is 4.90 Å². The molecule has 0 saturated carbocycles. The normalized spacial score (nSPS) is 19.5. The van der Waals surface area contributed by atoms with Gasteiger partial charge in [-0.15, -0.1) is 0 Å². The van der Waals surface area contributed by atoms with Gasteiger partial charge in [-0.25, -0.2) is 0 Å². The first-order valence-electron chi connectivity index (χ1n) is 10.0. The van der Waals surface area contributed by atoms with Crippen molar-refractivity contribution in [3.8, 4) is 11.5 Å². The van der Waals surface area contributed by atoms with Crippen molar-refractivity contribution in [3.05, 3.63) is 63.1 Å². The molecule has 4 rings (SSSR count). The number of methoxy groups -OCH3 is 1. The zero-order valence-electron chi connectivity index (χ0n) is 17.3. The molecule has 1 N–H and O–H groups in total. The summed E-state index contributed by atoms with van der Waals surface area (Å²) in [6.07, 6.45) is 0.519. The maximum absolute atomic E-state index is 13.0. The van der Waals surface area contributed by atoms with Crippen LogP contribution in [0, 0.1) is 0 Å². The lowest BCUT2D eigenvalue weighted by molar-refractivity contribution is -0.140. The summed E-state index contributed by atoms with van der Waals surface area (Å²) in [5.74, 6) is -0.762. The lowest BCUT2D eigenvalue weighted by atomic mass is 9.95. The van der Waals surface area contributed by atoms with Crippen LogP contribution in [0.2, 0.25) is 10.0 Å². The average molecular weight is 478 g/mol. The Balaban J connectivity index is 1.82. The van der Waals surface area contributed by atoms with Crippen LogP contribution >= 0.6 is 23.2 Å². The van der Waals surface area contributed by atoms with Crippen molar-refractivity contribution in [2.75, 3.05) is 33.5 Å². The van der Waals surface area contributed by atoms with Gasteiger partial charge in [0.25, 0.3) is 11.7 Å². The third kappa shape index (κ3) is 4.16. The first kappa shape index (κ1) is 22.5. The number of nitrogens with zero attached hydrogens (tertiary/aromatic N) is 1. The largest absolute Gasteiger partial charge is 0.507 e. The molecule has 9 heteroatoms. The van der Waals surface area contributed by atoms with Gasteiger partial charge in [-0.3, -0.25) is 9.59 Å². The predicted octanol–water partition coefficient (Wildman–Crippen LogP) is 4.22. The molecule has 168 valence electrons. The molecule has 7 nitrogen and oxygen atoms in total. The molecule has 0 radical (unpaired) electrons. The van der Waals surface area contributed by atoms with Crippen LogP contribution in [0.1, 0.15) is 23.6 Å². The van der Waals surface area contributed by atoms with E-state index in [2.05, 4.69) is 0 Å². The summed E-state index contributed by atoms with van der Waals surface area (Å²) in [7, 11) is 1.56. The highest BCUT2D eigenvalue weighted by molar-refractivity contribution is 6.46. The van der Waals surface area contributed by atoms with Crippen LogP contribution in [0.3, 0.4) is 0 Å². The van der Waals surface area contributed by atoms with E-state index in [1.807, 2.05) is 0 Å². The second-order valence-electron chi connectivity index (χ2n) is 7.37. The van der Waals surface area contributed by atoms with Crippen molar-refractivity contribution in [2.24, 2.45) is 0 Å². The number of rotatable bonds is 6. The van der Waals surface area contributed by atoms with E-state index < -0.39 is 17.7 Å². The summed E-state index contributed by atoms with van der Waals surface area (Å²) >= 11 is 12.3. The third-order valence-electron chi connectivity index (χ3n) is 5.36. The van der Waals surface area contributed by atoms with Crippen LogP contribution in [-0.4, -0.2) is 55.2 Å². The fraction of sp³-hybridized carbons (Fsp3) is 0.304. The molecule has 0 unspecified atom stereocenters. The Labute approximate surface area is 195 Å². The van der Waals surface area contributed by atoms with Gasteiger partial charge in [0.1, 0.15) is 19.0 Å². The molecular weight excluding hydrogens is 457 g/mol. The van der Waals surface area contributed by atoms with Crippen molar-refractivity contribution in [2.45, 2.75) is 12.5 Å². The molecule has 2 aliphatic rings. The van der Waals surface area contributed by atoms with E-state index in [0.29, 0.717) is 53.9 Å². The van der Waals surface area contributed by atoms with Gasteiger partial charge in [0.2, 0.25) is 0 Å². The first-order chi connectivity index (χ1) is 15.4. The van der Waals surface area contributed by atoms with Gasteiger partial charge >= 0.3 is 0 Å². The van der Waals surface area contributed by atoms with Crippen LogP contribution in [0.4, 0.5) is 0 Å². The Kier molecular flexibility index (Phi) is 6.60. The number of fused-ring (bicyclic) bond motifs is 1. The summed E-state index contributed by atoms with van der Waals surface area (Å²) < 4.78 is 16.2. The molecule has 0 bridgehead atoms. The summed E-state index contributed by atoms with van der Waals surface area (Å²) in [6, 6.07) is 8.92. The number of ether oxygens (including phenoxy) is 3. The number of halogens is 2. The molecular formula is C23H21Cl2NO6. The topological polar surface area (TPSA) is 85.3 Å². The van der Waals surface area contributed by atoms with E-state index in [0.717, 1.165) is 0 Å². The summed E-state index contributed by atoms with van der Waals surface area (Å²) in [5, 5.41) is 11.8. The standard InChI is InChI=1S/C23H21Cl2NO6/c1-30-8-2-7-26-20(13-3-5-15(24)16(25)11-13)19(22(28)23(26)29)21(27)14-4-6-17-18(12-14)32-10-9-31-17/h3-6,11-12,20,27H,2,7-10H2,1H3/t20-/m1/s1. The monoisotopic (exact) mass is 477 g/mol. The molecule has 2 aromatic carbocycles. The van der Waals surface area contributed by atoms with E-state index in [9.17, 15) is 14.7 Å². The van der Waals surface area contributed by atoms with Crippen molar-refractivity contribution in [1.29, 1.82) is 0 Å². The molecule has 1 amide bonds. The Bertz CT molecular complexity index is 1100. The number of Topliss-reactive ketones (excluding diaryl/α,β-unsaturated/α-hetero) is 1. The van der Waals surface area contributed by atoms with Gasteiger partial charge in [-0.05, 0) is 42.3 Å². The van der Waals surface area contributed by atoms with Crippen LogP contribution in [-0.2, 0) is 14.3 Å². The van der Waals surface area contributed by atoms with Crippen molar-refractivity contribution >= 4 is 40.7 Å². The van der Waals surface area contributed by atoms with E-state index in [1.165, 1.54) is 4.90 Å². The minimum Gasteiger partial charge on any atom is -0.507 e. The fourth-order valence-electron chi connectivity index (χ4n) is 3.87. The number of benzene rings is 2. The summed E-state index contributed by atoms with van der Waals surface area (Å²) in [6.45, 7) is 1.49. The van der Waals surface area contributed by atoms with E-state index in [1.54, 1.807) is 43.5 Å². The van der Waals surface area contributed by atoms with Gasteiger partial charge in [0.05, 0.1) is 21.7 Å². The van der Waals surface area contributed by atoms with Crippen LogP contribution < -0.4 is 9.47 Å². The lowest BCUT2D eigenvalue weighted by Gasteiger charge is -2.25. The molecule has 0 spiro atoms. The first-order valence-corrected chi connectivity index (χ1v) is 10.8. The number of hydrogen-bond donors (Lipinski definition) is 1. The van der Waals surface area contributed by atoms with Crippen LogP contribution in [0.25, 0.3) is 5.76 Å². The minimum absolute atomic E-state index is 0.0255. The molecule has 1 fully saturated rings. The Morgan fingerprint density at radius 3 is 2.56 bits per heavy atom. The Morgan fingerprint density at radius 2 is 1.84 bits per heavy atom. The molecule has 32 heavy (non-hydrogen) atoms.